The van der Waals surface area contributed by atoms with Gasteiger partial charge in [-0.25, -0.2) is 4.79 Å². The number of barbiturate groups is 1. The summed E-state index contributed by atoms with van der Waals surface area (Å²) in [6.45, 7) is 2.24. The summed E-state index contributed by atoms with van der Waals surface area (Å²) in [4.78, 5) is 53.0. The van der Waals surface area contributed by atoms with Crippen molar-refractivity contribution in [1.29, 1.82) is 0 Å². The smallest absolute Gasteiger partial charge is 0.328 e. The highest BCUT2D eigenvalue weighted by Crippen LogP contribution is 2.28. The first-order valence-corrected chi connectivity index (χ1v) is 11.4. The number of pyridine rings is 1. The van der Waals surface area contributed by atoms with Crippen molar-refractivity contribution in [3.8, 4) is 17.2 Å². The van der Waals surface area contributed by atoms with Gasteiger partial charge in [0.05, 0.1) is 18.5 Å². The number of amides is 5. The lowest BCUT2D eigenvalue weighted by atomic mass is 9.95. The Morgan fingerprint density at radius 1 is 0.919 bits per heavy atom. The number of anilines is 1. The van der Waals surface area contributed by atoms with Crippen molar-refractivity contribution in [1.82, 2.24) is 15.6 Å². The van der Waals surface area contributed by atoms with Crippen LogP contribution in [0, 0.1) is 0 Å². The number of carbonyl (C=O) groups excluding carboxylic acids is 4. The van der Waals surface area contributed by atoms with E-state index in [0.29, 0.717) is 29.4 Å². The molecule has 1 saturated heterocycles. The number of nitrogens with one attached hydrogen (secondary N) is 3. The van der Waals surface area contributed by atoms with E-state index < -0.39 is 23.4 Å². The molecule has 0 atom stereocenters. The van der Waals surface area contributed by atoms with Gasteiger partial charge < -0.3 is 19.5 Å². The molecule has 1 aromatic heterocycles. The summed E-state index contributed by atoms with van der Waals surface area (Å²) in [6, 6.07) is 15.4. The van der Waals surface area contributed by atoms with Crippen LogP contribution in [0.5, 0.6) is 17.2 Å². The van der Waals surface area contributed by atoms with Crippen molar-refractivity contribution in [3.05, 3.63) is 78.6 Å². The van der Waals surface area contributed by atoms with E-state index in [2.05, 4.69) is 20.9 Å². The minimum absolute atomic E-state index is 0.0724. The van der Waals surface area contributed by atoms with Gasteiger partial charge in [-0.15, -0.1) is 0 Å². The van der Waals surface area contributed by atoms with E-state index in [-0.39, 0.29) is 24.7 Å². The molecule has 3 aromatic rings. The van der Waals surface area contributed by atoms with Gasteiger partial charge in [0.1, 0.15) is 17.2 Å². The zero-order valence-corrected chi connectivity index (χ0v) is 19.9. The average Bonchev–Trinajstić information content (AvgIpc) is 2.89. The molecule has 0 radical (unpaired) electrons. The molecule has 1 aliphatic rings. The number of imide groups is 2. The predicted molar refractivity (Wildman–Crippen MR) is 131 cm³/mol. The summed E-state index contributed by atoms with van der Waals surface area (Å²) >= 11 is 0. The third-order valence-electron chi connectivity index (χ3n) is 5.38. The molecule has 11 heteroatoms. The van der Waals surface area contributed by atoms with E-state index in [1.165, 1.54) is 12.1 Å². The minimum atomic E-state index is -1.96. The van der Waals surface area contributed by atoms with Crippen LogP contribution in [0.2, 0.25) is 0 Å². The normalized spacial score (nSPS) is 14.4. The molecule has 0 saturated carbocycles. The summed E-state index contributed by atoms with van der Waals surface area (Å²) in [6.07, 6.45) is 3.08. The Balaban J connectivity index is 1.41. The van der Waals surface area contributed by atoms with Gasteiger partial charge in [-0.3, -0.25) is 30.0 Å². The molecule has 1 aliphatic heterocycles. The fourth-order valence-electron chi connectivity index (χ4n) is 3.50. The van der Waals surface area contributed by atoms with E-state index in [1.54, 1.807) is 67.8 Å². The van der Waals surface area contributed by atoms with Gasteiger partial charge in [-0.05, 0) is 67.6 Å². The molecule has 11 nitrogen and oxygen atoms in total. The van der Waals surface area contributed by atoms with Gasteiger partial charge in [-0.2, -0.15) is 0 Å². The summed E-state index contributed by atoms with van der Waals surface area (Å²) in [7, 11) is 0. The number of hydrogen-bond acceptors (Lipinski definition) is 8. The third-order valence-corrected chi connectivity index (χ3v) is 5.38. The van der Waals surface area contributed by atoms with Gasteiger partial charge >= 0.3 is 6.03 Å². The SMILES string of the molecule is CCOCCC1(Oc2ccc(Oc3ccc(C(=O)Nc4cccnc4)cc3)cc2)C(=O)NC(=O)NC1=O. The maximum Gasteiger partial charge on any atom is 0.328 e. The summed E-state index contributed by atoms with van der Waals surface area (Å²) in [5.41, 5.74) is -0.929. The molecule has 3 N–H and O–H groups in total. The second-order valence-corrected chi connectivity index (χ2v) is 7.91. The lowest BCUT2D eigenvalue weighted by Gasteiger charge is -2.34. The van der Waals surface area contributed by atoms with E-state index in [9.17, 15) is 19.2 Å². The number of urea groups is 1. The Labute approximate surface area is 212 Å². The molecular formula is C26H24N4O7. The number of aromatic nitrogens is 1. The maximum atomic E-state index is 12.6. The quantitative estimate of drug-likeness (QED) is 0.282. The Morgan fingerprint density at radius 3 is 2.14 bits per heavy atom. The van der Waals surface area contributed by atoms with Crippen LogP contribution in [0.4, 0.5) is 10.5 Å². The second kappa shape index (κ2) is 11.3. The zero-order valence-electron chi connectivity index (χ0n) is 19.9. The molecule has 0 bridgehead atoms. The van der Waals surface area contributed by atoms with Gasteiger partial charge in [0.15, 0.2) is 0 Å². The van der Waals surface area contributed by atoms with Gasteiger partial charge in [-0.1, -0.05) is 0 Å². The highest BCUT2D eigenvalue weighted by Gasteiger charge is 2.52. The van der Waals surface area contributed by atoms with Crippen molar-refractivity contribution in [3.63, 3.8) is 0 Å². The molecule has 5 amide bonds. The molecule has 0 aliphatic carbocycles. The first-order chi connectivity index (χ1) is 17.9. The number of carbonyl (C=O) groups is 4. The lowest BCUT2D eigenvalue weighted by molar-refractivity contribution is -0.153. The van der Waals surface area contributed by atoms with Crippen molar-refractivity contribution in [2.45, 2.75) is 18.9 Å². The summed E-state index contributed by atoms with van der Waals surface area (Å²) in [5.74, 6) is -0.856. The molecule has 190 valence electrons. The number of rotatable bonds is 10. The van der Waals surface area contributed by atoms with Crippen LogP contribution in [0.1, 0.15) is 23.7 Å². The molecule has 0 spiro atoms. The Morgan fingerprint density at radius 2 is 1.54 bits per heavy atom. The van der Waals surface area contributed by atoms with Crippen LogP contribution in [0.3, 0.4) is 0 Å². The number of nitrogens with zero attached hydrogens (tertiary/aromatic N) is 1. The molecular weight excluding hydrogens is 480 g/mol. The van der Waals surface area contributed by atoms with Gasteiger partial charge in [0.2, 0.25) is 0 Å². The Hall–Kier alpha value is -4.77. The van der Waals surface area contributed by atoms with Gasteiger partial charge in [0.25, 0.3) is 23.3 Å². The highest BCUT2D eigenvalue weighted by atomic mass is 16.5. The fraction of sp³-hybridized carbons (Fsp3) is 0.192. The number of benzene rings is 2. The van der Waals surface area contributed by atoms with Crippen molar-refractivity contribution in [2.24, 2.45) is 0 Å². The van der Waals surface area contributed by atoms with E-state index in [1.807, 2.05) is 0 Å². The van der Waals surface area contributed by atoms with Crippen LogP contribution in [-0.2, 0) is 14.3 Å². The van der Waals surface area contributed by atoms with Crippen LogP contribution in [-0.4, -0.2) is 47.6 Å². The topological polar surface area (TPSA) is 145 Å². The third kappa shape index (κ3) is 6.08. The Kier molecular flexibility index (Phi) is 7.74. The second-order valence-electron chi connectivity index (χ2n) is 7.91. The van der Waals surface area contributed by atoms with Crippen LogP contribution in [0.25, 0.3) is 0 Å². The van der Waals surface area contributed by atoms with Crippen molar-refractivity contribution < 1.29 is 33.4 Å². The van der Waals surface area contributed by atoms with Crippen LogP contribution < -0.4 is 25.4 Å². The molecule has 37 heavy (non-hydrogen) atoms. The minimum Gasteiger partial charge on any atom is -0.467 e. The molecule has 2 aromatic carbocycles. The predicted octanol–water partition coefficient (Wildman–Crippen LogP) is 3.04. The van der Waals surface area contributed by atoms with Crippen LogP contribution in [0.15, 0.2) is 73.1 Å². The highest BCUT2D eigenvalue weighted by molar-refractivity contribution is 6.21. The van der Waals surface area contributed by atoms with E-state index in [4.69, 9.17) is 14.2 Å². The first kappa shape index (κ1) is 25.3. The summed E-state index contributed by atoms with van der Waals surface area (Å²) < 4.78 is 16.9. The van der Waals surface area contributed by atoms with Crippen LogP contribution >= 0.6 is 0 Å². The number of hydrogen-bond donors (Lipinski definition) is 3. The van der Waals surface area contributed by atoms with Crippen molar-refractivity contribution in [2.75, 3.05) is 18.5 Å². The monoisotopic (exact) mass is 504 g/mol. The zero-order chi connectivity index (χ0) is 26.3. The molecule has 1 fully saturated rings. The maximum absolute atomic E-state index is 12.6. The first-order valence-electron chi connectivity index (χ1n) is 11.4. The average molecular weight is 504 g/mol. The molecule has 2 heterocycles. The summed E-state index contributed by atoms with van der Waals surface area (Å²) in [5, 5.41) is 6.90. The van der Waals surface area contributed by atoms with E-state index >= 15 is 0 Å². The number of ether oxygens (including phenoxy) is 3. The fourth-order valence-corrected chi connectivity index (χ4v) is 3.50. The van der Waals surface area contributed by atoms with Gasteiger partial charge in [0, 0.05) is 24.8 Å². The Bertz CT molecular complexity index is 1260. The lowest BCUT2D eigenvalue weighted by Crippen LogP contribution is -2.69. The van der Waals surface area contributed by atoms with Crippen molar-refractivity contribution >= 4 is 29.4 Å². The van der Waals surface area contributed by atoms with E-state index in [0.717, 1.165) is 0 Å². The largest absolute Gasteiger partial charge is 0.467 e. The molecule has 0 unspecified atom stereocenters. The standard InChI is InChI=1S/C26H24N4O7/c1-2-35-15-13-26(23(32)29-25(34)30-24(26)33)37-21-11-9-20(10-12-21)36-19-7-5-17(6-8-19)22(31)28-18-4-3-14-27-16-18/h3-12,14,16H,2,13,15H2,1H3,(H,28,31)(H2,29,30,32,33,34). The molecule has 4 rings (SSSR count).